The Kier molecular flexibility index (Phi) is 6.89. The van der Waals surface area contributed by atoms with Gasteiger partial charge in [0.05, 0.1) is 0 Å². The summed E-state index contributed by atoms with van der Waals surface area (Å²) in [5.74, 6) is 0.156. The molecule has 1 saturated carbocycles. The Hall–Kier alpha value is -2.77. The predicted molar refractivity (Wildman–Crippen MR) is 131 cm³/mol. The predicted octanol–water partition coefficient (Wildman–Crippen LogP) is 3.49. The Balaban J connectivity index is 1.10. The van der Waals surface area contributed by atoms with Crippen molar-refractivity contribution in [1.29, 1.82) is 0 Å². The number of carbonyl (C=O) groups is 2. The SMILES string of the molecule is COC(C(=O)N1CCC2(CC1)CC2C(=O)N1CCN(Cc2cccc(F)c2)CC1)c1ccccc1. The molecule has 1 spiro atoms. The van der Waals surface area contributed by atoms with Crippen molar-refractivity contribution in [3.8, 4) is 0 Å². The summed E-state index contributed by atoms with van der Waals surface area (Å²) in [5, 5.41) is 0. The van der Waals surface area contributed by atoms with E-state index in [0.29, 0.717) is 19.6 Å². The van der Waals surface area contributed by atoms with Crippen LogP contribution in [0.4, 0.5) is 4.39 Å². The molecule has 186 valence electrons. The van der Waals surface area contributed by atoms with Crippen LogP contribution in [0.25, 0.3) is 0 Å². The van der Waals surface area contributed by atoms with Crippen LogP contribution in [0.15, 0.2) is 54.6 Å². The van der Waals surface area contributed by atoms with Gasteiger partial charge in [-0.1, -0.05) is 42.5 Å². The fraction of sp³-hybridized carbons (Fsp3) is 0.500. The van der Waals surface area contributed by atoms with Crippen molar-refractivity contribution >= 4 is 11.8 Å². The van der Waals surface area contributed by atoms with Crippen LogP contribution in [0.2, 0.25) is 0 Å². The molecular formula is C28H34FN3O3. The van der Waals surface area contributed by atoms with E-state index in [1.807, 2.05) is 46.2 Å². The topological polar surface area (TPSA) is 53.1 Å². The number of ether oxygens (including phenoxy) is 1. The van der Waals surface area contributed by atoms with Crippen LogP contribution in [0.3, 0.4) is 0 Å². The number of piperazine rings is 1. The van der Waals surface area contributed by atoms with Crippen LogP contribution in [0, 0.1) is 17.2 Å². The largest absolute Gasteiger partial charge is 0.367 e. The third-order valence-electron chi connectivity index (χ3n) is 8.10. The minimum absolute atomic E-state index is 0.00601. The van der Waals surface area contributed by atoms with E-state index < -0.39 is 6.10 Å². The molecule has 2 aromatic carbocycles. The number of likely N-dealkylation sites (tertiary alicyclic amines) is 1. The second kappa shape index (κ2) is 10.1. The first-order valence-corrected chi connectivity index (χ1v) is 12.6. The molecule has 2 aromatic rings. The van der Waals surface area contributed by atoms with E-state index in [0.717, 1.165) is 56.6 Å². The first kappa shape index (κ1) is 23.9. The molecule has 5 rings (SSSR count). The zero-order valence-corrected chi connectivity index (χ0v) is 20.4. The van der Waals surface area contributed by atoms with Crippen LogP contribution in [-0.2, 0) is 20.9 Å². The highest BCUT2D eigenvalue weighted by Crippen LogP contribution is 2.60. The highest BCUT2D eigenvalue weighted by atomic mass is 19.1. The second-order valence-electron chi connectivity index (χ2n) is 10.2. The number of nitrogens with zero attached hydrogens (tertiary/aromatic N) is 3. The molecule has 0 N–H and O–H groups in total. The number of piperidine rings is 1. The summed E-state index contributed by atoms with van der Waals surface area (Å²) in [6.07, 6.45) is 2.11. The summed E-state index contributed by atoms with van der Waals surface area (Å²) in [4.78, 5) is 32.6. The molecule has 2 atom stereocenters. The lowest BCUT2D eigenvalue weighted by molar-refractivity contribution is -0.144. The summed E-state index contributed by atoms with van der Waals surface area (Å²) in [5.41, 5.74) is 1.90. The van der Waals surface area contributed by atoms with Gasteiger partial charge >= 0.3 is 0 Å². The van der Waals surface area contributed by atoms with Crippen molar-refractivity contribution in [3.05, 3.63) is 71.5 Å². The molecule has 2 amide bonds. The van der Waals surface area contributed by atoms with Crippen molar-refractivity contribution in [1.82, 2.24) is 14.7 Å². The number of carbonyl (C=O) groups excluding carboxylic acids is 2. The number of methoxy groups -OCH3 is 1. The Bertz CT molecular complexity index is 1050. The lowest BCUT2D eigenvalue weighted by Gasteiger charge is -2.37. The zero-order valence-electron chi connectivity index (χ0n) is 20.4. The van der Waals surface area contributed by atoms with Gasteiger partial charge in [0.15, 0.2) is 6.10 Å². The van der Waals surface area contributed by atoms with E-state index >= 15 is 0 Å². The first-order valence-electron chi connectivity index (χ1n) is 12.6. The molecule has 3 aliphatic rings. The van der Waals surface area contributed by atoms with E-state index in [1.165, 1.54) is 6.07 Å². The summed E-state index contributed by atoms with van der Waals surface area (Å²) in [7, 11) is 1.58. The van der Waals surface area contributed by atoms with Crippen molar-refractivity contribution < 1.29 is 18.7 Å². The lowest BCUT2D eigenvalue weighted by atomic mass is 9.90. The summed E-state index contributed by atoms with van der Waals surface area (Å²) < 4.78 is 19.0. The average Bonchev–Trinajstić information content (AvgIpc) is 3.58. The monoisotopic (exact) mass is 479 g/mol. The minimum atomic E-state index is -0.578. The van der Waals surface area contributed by atoms with Gasteiger partial charge < -0.3 is 14.5 Å². The van der Waals surface area contributed by atoms with Crippen LogP contribution >= 0.6 is 0 Å². The highest BCUT2D eigenvalue weighted by Gasteiger charge is 2.59. The quantitative estimate of drug-likeness (QED) is 0.637. The number of halogens is 1. The smallest absolute Gasteiger partial charge is 0.256 e. The van der Waals surface area contributed by atoms with E-state index in [2.05, 4.69) is 4.90 Å². The van der Waals surface area contributed by atoms with Gasteiger partial charge in [-0.3, -0.25) is 14.5 Å². The molecule has 2 saturated heterocycles. The first-order chi connectivity index (χ1) is 17.0. The van der Waals surface area contributed by atoms with Crippen molar-refractivity contribution in [2.75, 3.05) is 46.4 Å². The van der Waals surface area contributed by atoms with Gasteiger partial charge in [-0.2, -0.15) is 0 Å². The summed E-state index contributed by atoms with van der Waals surface area (Å²) in [6, 6.07) is 16.3. The molecule has 2 unspecified atom stereocenters. The van der Waals surface area contributed by atoms with Gasteiger partial charge in [0.25, 0.3) is 5.91 Å². The van der Waals surface area contributed by atoms with E-state index in [9.17, 15) is 14.0 Å². The standard InChI is InChI=1S/C28H34FN3O3/c1-35-25(22-7-3-2-4-8-22)27(34)31-12-10-28(11-13-31)19-24(28)26(33)32-16-14-30(15-17-32)20-21-6-5-9-23(29)18-21/h2-9,18,24-25H,10-17,19-20H2,1H3. The molecule has 3 fully saturated rings. The van der Waals surface area contributed by atoms with E-state index in [1.54, 1.807) is 19.2 Å². The Labute approximate surface area is 206 Å². The molecule has 35 heavy (non-hydrogen) atoms. The summed E-state index contributed by atoms with van der Waals surface area (Å²) >= 11 is 0. The Morgan fingerprint density at radius 2 is 1.69 bits per heavy atom. The summed E-state index contributed by atoms with van der Waals surface area (Å²) in [6.45, 7) is 5.12. The van der Waals surface area contributed by atoms with Crippen molar-refractivity contribution in [2.24, 2.45) is 11.3 Å². The molecule has 2 heterocycles. The number of hydrogen-bond acceptors (Lipinski definition) is 4. The third kappa shape index (κ3) is 5.11. The molecule has 7 heteroatoms. The molecule has 2 aliphatic heterocycles. The van der Waals surface area contributed by atoms with Gasteiger partial charge in [0.2, 0.25) is 5.91 Å². The maximum Gasteiger partial charge on any atom is 0.256 e. The molecule has 0 radical (unpaired) electrons. The van der Waals surface area contributed by atoms with Gasteiger partial charge in [0.1, 0.15) is 5.82 Å². The lowest BCUT2D eigenvalue weighted by Crippen LogP contribution is -2.49. The van der Waals surface area contributed by atoms with Gasteiger partial charge in [-0.25, -0.2) is 4.39 Å². The van der Waals surface area contributed by atoms with Crippen LogP contribution in [0.5, 0.6) is 0 Å². The van der Waals surface area contributed by atoms with Crippen LogP contribution < -0.4 is 0 Å². The Morgan fingerprint density at radius 1 is 0.971 bits per heavy atom. The third-order valence-corrected chi connectivity index (χ3v) is 8.10. The molecular weight excluding hydrogens is 445 g/mol. The van der Waals surface area contributed by atoms with Crippen LogP contribution in [0.1, 0.15) is 36.5 Å². The molecule has 0 aromatic heterocycles. The van der Waals surface area contributed by atoms with Crippen molar-refractivity contribution in [3.63, 3.8) is 0 Å². The fourth-order valence-corrected chi connectivity index (χ4v) is 5.84. The fourth-order valence-electron chi connectivity index (χ4n) is 5.84. The number of hydrogen-bond donors (Lipinski definition) is 0. The highest BCUT2D eigenvalue weighted by molar-refractivity contribution is 5.84. The van der Waals surface area contributed by atoms with E-state index in [-0.39, 0.29) is 29.0 Å². The molecule has 0 bridgehead atoms. The molecule has 1 aliphatic carbocycles. The maximum atomic E-state index is 13.5. The maximum absolute atomic E-state index is 13.5. The zero-order chi connectivity index (χ0) is 24.4. The second-order valence-corrected chi connectivity index (χ2v) is 10.2. The Morgan fingerprint density at radius 3 is 2.34 bits per heavy atom. The van der Waals surface area contributed by atoms with Gasteiger partial charge in [-0.15, -0.1) is 0 Å². The normalized spacial score (nSPS) is 22.7. The van der Waals surface area contributed by atoms with Gasteiger partial charge in [0, 0.05) is 58.8 Å². The number of rotatable bonds is 6. The molecule has 6 nitrogen and oxygen atoms in total. The number of amides is 2. The van der Waals surface area contributed by atoms with Crippen molar-refractivity contribution in [2.45, 2.75) is 31.9 Å². The minimum Gasteiger partial charge on any atom is -0.367 e. The van der Waals surface area contributed by atoms with Crippen LogP contribution in [-0.4, -0.2) is 72.9 Å². The van der Waals surface area contributed by atoms with Gasteiger partial charge in [-0.05, 0) is 47.9 Å². The number of benzene rings is 2. The average molecular weight is 480 g/mol. The van der Waals surface area contributed by atoms with E-state index in [4.69, 9.17) is 4.74 Å².